The third-order valence-corrected chi connectivity index (χ3v) is 2.31. The molecule has 1 atom stereocenters. The molecule has 1 unspecified atom stereocenters. The van der Waals surface area contributed by atoms with Crippen LogP contribution in [0, 0.1) is 11.9 Å². The lowest BCUT2D eigenvalue weighted by molar-refractivity contribution is 0.187. The number of halogens is 1. The topological polar surface area (TPSA) is 34.1 Å². The van der Waals surface area contributed by atoms with Gasteiger partial charge in [0, 0.05) is 19.1 Å². The Morgan fingerprint density at radius 3 is 3.21 bits per heavy atom. The summed E-state index contributed by atoms with van der Waals surface area (Å²) < 4.78 is 17.9. The van der Waals surface area contributed by atoms with Gasteiger partial charge in [0.1, 0.15) is 5.82 Å². The third kappa shape index (κ3) is 2.42. The molecule has 1 aromatic heterocycles. The van der Waals surface area contributed by atoms with Crippen molar-refractivity contribution < 1.29 is 9.13 Å². The van der Waals surface area contributed by atoms with Crippen molar-refractivity contribution in [1.82, 2.24) is 4.98 Å². The van der Waals surface area contributed by atoms with Gasteiger partial charge in [0.2, 0.25) is 5.95 Å². The second kappa shape index (κ2) is 4.37. The Balaban J connectivity index is 1.85. The van der Waals surface area contributed by atoms with Crippen molar-refractivity contribution in [2.45, 2.75) is 6.42 Å². The summed E-state index contributed by atoms with van der Waals surface area (Å²) in [5.74, 6) is 0.676. The largest absolute Gasteiger partial charge is 0.381 e. The number of nitrogens with one attached hydrogen (secondary N) is 1. The van der Waals surface area contributed by atoms with E-state index in [1.807, 2.05) is 0 Å². The van der Waals surface area contributed by atoms with Gasteiger partial charge in [-0.05, 0) is 18.6 Å². The Morgan fingerprint density at radius 1 is 1.57 bits per heavy atom. The quantitative estimate of drug-likeness (QED) is 0.747. The molecule has 1 aliphatic heterocycles. The maximum atomic E-state index is 12.7. The van der Waals surface area contributed by atoms with E-state index in [9.17, 15) is 4.39 Å². The summed E-state index contributed by atoms with van der Waals surface area (Å²) in [4.78, 5) is 3.72. The number of aromatic nitrogens is 1. The van der Waals surface area contributed by atoms with E-state index in [-0.39, 0.29) is 0 Å². The van der Waals surface area contributed by atoms with Crippen LogP contribution in [0.3, 0.4) is 0 Å². The van der Waals surface area contributed by atoms with Crippen LogP contribution in [0.5, 0.6) is 0 Å². The Kier molecular flexibility index (Phi) is 2.93. The van der Waals surface area contributed by atoms with Crippen molar-refractivity contribution >= 4 is 5.82 Å². The fraction of sp³-hybridized carbons (Fsp3) is 0.500. The number of nitrogens with zero attached hydrogens (tertiary/aromatic N) is 1. The molecule has 1 aliphatic rings. The Bertz CT molecular complexity index is 300. The van der Waals surface area contributed by atoms with Crippen LogP contribution in [0.1, 0.15) is 6.42 Å². The number of hydrogen-bond acceptors (Lipinski definition) is 3. The molecule has 1 fully saturated rings. The van der Waals surface area contributed by atoms with Gasteiger partial charge in [0.25, 0.3) is 0 Å². The lowest BCUT2D eigenvalue weighted by Gasteiger charge is -2.09. The highest BCUT2D eigenvalue weighted by Gasteiger charge is 2.14. The van der Waals surface area contributed by atoms with E-state index in [1.165, 1.54) is 6.07 Å². The van der Waals surface area contributed by atoms with E-state index in [1.54, 1.807) is 12.1 Å². The Hall–Kier alpha value is -1.16. The molecule has 14 heavy (non-hydrogen) atoms. The third-order valence-electron chi connectivity index (χ3n) is 2.31. The van der Waals surface area contributed by atoms with E-state index in [0.29, 0.717) is 11.7 Å². The van der Waals surface area contributed by atoms with Crippen LogP contribution < -0.4 is 5.32 Å². The van der Waals surface area contributed by atoms with Gasteiger partial charge in [-0.15, -0.1) is 0 Å². The van der Waals surface area contributed by atoms with E-state index in [4.69, 9.17) is 4.74 Å². The van der Waals surface area contributed by atoms with Gasteiger partial charge in [-0.1, -0.05) is 6.07 Å². The highest BCUT2D eigenvalue weighted by molar-refractivity contribution is 5.33. The molecule has 0 bridgehead atoms. The van der Waals surface area contributed by atoms with Gasteiger partial charge < -0.3 is 10.1 Å². The number of rotatable bonds is 3. The van der Waals surface area contributed by atoms with Crippen molar-refractivity contribution in [3.63, 3.8) is 0 Å². The number of ether oxygens (including phenoxy) is 1. The zero-order chi connectivity index (χ0) is 9.80. The van der Waals surface area contributed by atoms with Crippen LogP contribution in [0.2, 0.25) is 0 Å². The molecule has 2 rings (SSSR count). The zero-order valence-electron chi connectivity index (χ0n) is 7.87. The van der Waals surface area contributed by atoms with Gasteiger partial charge >= 0.3 is 0 Å². The molecular formula is C10H13FN2O. The van der Waals surface area contributed by atoms with Crippen molar-refractivity contribution in [3.05, 3.63) is 24.1 Å². The van der Waals surface area contributed by atoms with E-state index in [0.717, 1.165) is 26.2 Å². The van der Waals surface area contributed by atoms with Crippen LogP contribution >= 0.6 is 0 Å². The smallest absolute Gasteiger partial charge is 0.214 e. The summed E-state index contributed by atoms with van der Waals surface area (Å²) in [5.41, 5.74) is 0. The second-order valence-corrected chi connectivity index (χ2v) is 3.46. The molecule has 4 heteroatoms. The fourth-order valence-corrected chi connectivity index (χ4v) is 1.50. The van der Waals surface area contributed by atoms with E-state index >= 15 is 0 Å². The lowest BCUT2D eigenvalue weighted by atomic mass is 10.1. The predicted molar refractivity (Wildman–Crippen MR) is 51.6 cm³/mol. The highest BCUT2D eigenvalue weighted by Crippen LogP contribution is 2.13. The monoisotopic (exact) mass is 196 g/mol. The molecule has 1 saturated heterocycles. The summed E-state index contributed by atoms with van der Waals surface area (Å²) >= 11 is 0. The lowest BCUT2D eigenvalue weighted by Crippen LogP contribution is -2.14. The maximum Gasteiger partial charge on any atom is 0.214 e. The van der Waals surface area contributed by atoms with Crippen LogP contribution in [0.25, 0.3) is 0 Å². The summed E-state index contributed by atoms with van der Waals surface area (Å²) in [6.07, 6.45) is 1.07. The first-order valence-electron chi connectivity index (χ1n) is 4.79. The van der Waals surface area contributed by atoms with Gasteiger partial charge in [-0.25, -0.2) is 4.98 Å². The first-order chi connectivity index (χ1) is 6.84. The first-order valence-corrected chi connectivity index (χ1v) is 4.79. The van der Waals surface area contributed by atoms with Crippen LogP contribution in [-0.4, -0.2) is 24.7 Å². The van der Waals surface area contributed by atoms with Gasteiger partial charge in [0.05, 0.1) is 6.61 Å². The SMILES string of the molecule is Fc1cccc(NCC2CCOC2)n1. The average Bonchev–Trinajstić information content (AvgIpc) is 2.67. The second-order valence-electron chi connectivity index (χ2n) is 3.46. The van der Waals surface area contributed by atoms with Gasteiger partial charge in [-0.2, -0.15) is 4.39 Å². The molecule has 1 aromatic rings. The highest BCUT2D eigenvalue weighted by atomic mass is 19.1. The summed E-state index contributed by atoms with van der Waals surface area (Å²) in [5, 5.41) is 3.10. The van der Waals surface area contributed by atoms with Crippen LogP contribution in [-0.2, 0) is 4.74 Å². The fourth-order valence-electron chi connectivity index (χ4n) is 1.50. The molecule has 2 heterocycles. The minimum absolute atomic E-state index is 0.447. The standard InChI is InChI=1S/C10H13FN2O/c11-9-2-1-3-10(13-9)12-6-8-4-5-14-7-8/h1-3,8H,4-7H2,(H,12,13). The van der Waals surface area contributed by atoms with Crippen molar-refractivity contribution in [3.8, 4) is 0 Å². The van der Waals surface area contributed by atoms with Gasteiger partial charge in [0.15, 0.2) is 0 Å². The van der Waals surface area contributed by atoms with Gasteiger partial charge in [-0.3, -0.25) is 0 Å². The Labute approximate surface area is 82.3 Å². The molecule has 0 aromatic carbocycles. The molecule has 76 valence electrons. The average molecular weight is 196 g/mol. The normalized spacial score (nSPS) is 21.1. The number of hydrogen-bond donors (Lipinski definition) is 1. The van der Waals surface area contributed by atoms with Crippen molar-refractivity contribution in [2.24, 2.45) is 5.92 Å². The zero-order valence-corrected chi connectivity index (χ0v) is 7.87. The molecule has 1 N–H and O–H groups in total. The predicted octanol–water partition coefficient (Wildman–Crippen LogP) is 1.67. The molecule has 0 aliphatic carbocycles. The molecular weight excluding hydrogens is 183 g/mol. The minimum Gasteiger partial charge on any atom is -0.381 e. The summed E-state index contributed by atoms with van der Waals surface area (Å²) in [6, 6.07) is 4.75. The molecule has 3 nitrogen and oxygen atoms in total. The number of pyridine rings is 1. The summed E-state index contributed by atoms with van der Waals surface area (Å²) in [7, 11) is 0. The maximum absolute atomic E-state index is 12.7. The minimum atomic E-state index is -0.447. The number of anilines is 1. The summed E-state index contributed by atoms with van der Waals surface area (Å²) in [6.45, 7) is 2.43. The van der Waals surface area contributed by atoms with E-state index < -0.39 is 5.95 Å². The Morgan fingerprint density at radius 2 is 2.50 bits per heavy atom. The molecule has 0 amide bonds. The van der Waals surface area contributed by atoms with Crippen LogP contribution in [0.15, 0.2) is 18.2 Å². The van der Waals surface area contributed by atoms with Crippen molar-refractivity contribution in [2.75, 3.05) is 25.1 Å². The molecule has 0 radical (unpaired) electrons. The van der Waals surface area contributed by atoms with Crippen LogP contribution in [0.4, 0.5) is 10.2 Å². The first kappa shape index (κ1) is 9.40. The molecule has 0 spiro atoms. The van der Waals surface area contributed by atoms with Crippen molar-refractivity contribution in [1.29, 1.82) is 0 Å². The molecule has 0 saturated carbocycles. The van der Waals surface area contributed by atoms with E-state index in [2.05, 4.69) is 10.3 Å².